The number of amides is 1. The maximum absolute atomic E-state index is 13.3. The molecule has 20 heavy (non-hydrogen) atoms. The monoisotopic (exact) mass is 282 g/mol. The molecule has 0 unspecified atom stereocenters. The molecule has 1 N–H and O–H groups in total. The highest BCUT2D eigenvalue weighted by atomic mass is 19.1. The summed E-state index contributed by atoms with van der Waals surface area (Å²) >= 11 is 0. The Labute approximate surface area is 117 Å². The molecule has 0 radical (unpaired) electrons. The molecule has 0 fully saturated rings. The topological polar surface area (TPSA) is 58.6 Å². The quantitative estimate of drug-likeness (QED) is 0.786. The van der Waals surface area contributed by atoms with Crippen LogP contribution in [0.25, 0.3) is 0 Å². The number of carbonyl (C=O) groups excluding carboxylic acids is 2. The van der Waals surface area contributed by atoms with E-state index in [0.717, 1.165) is 0 Å². The number of hydrogen-bond donors (Lipinski definition) is 1. The Morgan fingerprint density at radius 2 is 2.05 bits per heavy atom. The predicted molar refractivity (Wildman–Crippen MR) is 72.5 cm³/mol. The summed E-state index contributed by atoms with van der Waals surface area (Å²) < 4.78 is 17.8. The Balaban J connectivity index is 2.39. The van der Waals surface area contributed by atoms with E-state index in [-0.39, 0.29) is 31.4 Å². The lowest BCUT2D eigenvalue weighted by Gasteiger charge is -2.14. The van der Waals surface area contributed by atoms with E-state index in [9.17, 15) is 14.0 Å². The van der Waals surface area contributed by atoms with Crippen LogP contribution in [0.5, 0.6) is 0 Å². The Bertz CT molecular complexity index is 491. The average Bonchev–Trinajstić information content (AvgIpc) is 2.39. The lowest BCUT2D eigenvalue weighted by Crippen LogP contribution is -2.37. The van der Waals surface area contributed by atoms with Gasteiger partial charge < -0.3 is 10.1 Å². The summed E-state index contributed by atoms with van der Waals surface area (Å²) in [6.45, 7) is 2.05. The first-order valence-electron chi connectivity index (χ1n) is 6.19. The SMILES string of the molecule is COC(=O)CN(C)CC(=O)NCc1ccc(C)c(F)c1. The molecular weight excluding hydrogens is 263 g/mol. The van der Waals surface area contributed by atoms with E-state index in [2.05, 4.69) is 10.1 Å². The zero-order valence-corrected chi connectivity index (χ0v) is 11.9. The van der Waals surface area contributed by atoms with Crippen molar-refractivity contribution in [3.8, 4) is 0 Å². The van der Waals surface area contributed by atoms with Crippen LogP contribution in [0.4, 0.5) is 4.39 Å². The molecule has 0 aromatic heterocycles. The summed E-state index contributed by atoms with van der Waals surface area (Å²) in [5.41, 5.74) is 1.26. The van der Waals surface area contributed by atoms with Crippen LogP contribution in [0.3, 0.4) is 0 Å². The van der Waals surface area contributed by atoms with Crippen molar-refractivity contribution in [1.82, 2.24) is 10.2 Å². The van der Waals surface area contributed by atoms with E-state index >= 15 is 0 Å². The van der Waals surface area contributed by atoms with Gasteiger partial charge in [-0.25, -0.2) is 4.39 Å². The van der Waals surface area contributed by atoms with Crippen LogP contribution in [0, 0.1) is 12.7 Å². The molecule has 0 saturated carbocycles. The first kappa shape index (κ1) is 16.1. The molecule has 6 heteroatoms. The number of ether oxygens (including phenoxy) is 1. The maximum Gasteiger partial charge on any atom is 0.319 e. The predicted octanol–water partition coefficient (Wildman–Crippen LogP) is 0.855. The van der Waals surface area contributed by atoms with Crippen molar-refractivity contribution < 1.29 is 18.7 Å². The molecule has 0 aliphatic rings. The average molecular weight is 282 g/mol. The Kier molecular flexibility index (Phi) is 6.11. The second-order valence-corrected chi connectivity index (χ2v) is 4.61. The minimum Gasteiger partial charge on any atom is -0.468 e. The van der Waals surface area contributed by atoms with Crippen LogP contribution in [0.2, 0.25) is 0 Å². The van der Waals surface area contributed by atoms with E-state index in [1.165, 1.54) is 18.1 Å². The van der Waals surface area contributed by atoms with Gasteiger partial charge in [0.2, 0.25) is 5.91 Å². The summed E-state index contributed by atoms with van der Waals surface area (Å²) in [5, 5.41) is 2.67. The fourth-order valence-corrected chi connectivity index (χ4v) is 1.59. The highest BCUT2D eigenvalue weighted by molar-refractivity contribution is 5.79. The lowest BCUT2D eigenvalue weighted by molar-refractivity contribution is -0.141. The number of nitrogens with zero attached hydrogens (tertiary/aromatic N) is 1. The minimum absolute atomic E-state index is 0.0447. The number of likely N-dealkylation sites (N-methyl/N-ethyl adjacent to an activating group) is 1. The zero-order chi connectivity index (χ0) is 15.1. The Hall–Kier alpha value is -1.95. The van der Waals surface area contributed by atoms with Crippen molar-refractivity contribution in [3.05, 3.63) is 35.1 Å². The summed E-state index contributed by atoms with van der Waals surface area (Å²) in [6.07, 6.45) is 0. The van der Waals surface area contributed by atoms with Gasteiger partial charge in [-0.05, 0) is 31.2 Å². The van der Waals surface area contributed by atoms with Crippen LogP contribution in [0.1, 0.15) is 11.1 Å². The van der Waals surface area contributed by atoms with Gasteiger partial charge in [-0.15, -0.1) is 0 Å². The number of carbonyl (C=O) groups is 2. The number of methoxy groups -OCH3 is 1. The zero-order valence-electron chi connectivity index (χ0n) is 11.9. The van der Waals surface area contributed by atoms with E-state index in [1.54, 1.807) is 26.1 Å². The number of hydrogen-bond acceptors (Lipinski definition) is 4. The fourth-order valence-electron chi connectivity index (χ4n) is 1.59. The number of nitrogens with one attached hydrogen (secondary N) is 1. The van der Waals surface area contributed by atoms with Crippen molar-refractivity contribution in [2.45, 2.75) is 13.5 Å². The second-order valence-electron chi connectivity index (χ2n) is 4.61. The van der Waals surface area contributed by atoms with Crippen molar-refractivity contribution in [3.63, 3.8) is 0 Å². The van der Waals surface area contributed by atoms with Crippen molar-refractivity contribution in [1.29, 1.82) is 0 Å². The second kappa shape index (κ2) is 7.59. The molecule has 0 aliphatic carbocycles. The van der Waals surface area contributed by atoms with Gasteiger partial charge in [0.15, 0.2) is 0 Å². The largest absolute Gasteiger partial charge is 0.468 e. The number of esters is 1. The molecular formula is C14H19FN2O3. The molecule has 0 aliphatic heterocycles. The fraction of sp³-hybridized carbons (Fsp3) is 0.429. The standard InChI is InChI=1S/C14H19FN2O3/c1-10-4-5-11(6-12(10)15)7-16-13(18)8-17(2)9-14(19)20-3/h4-6H,7-9H2,1-3H3,(H,16,18). The van der Waals surface area contributed by atoms with Gasteiger partial charge >= 0.3 is 5.97 Å². The van der Waals surface area contributed by atoms with Crippen LogP contribution in [-0.4, -0.2) is 44.0 Å². The molecule has 0 saturated heterocycles. The third kappa shape index (κ3) is 5.36. The van der Waals surface area contributed by atoms with Crippen LogP contribution >= 0.6 is 0 Å². The molecule has 5 nitrogen and oxygen atoms in total. The highest BCUT2D eigenvalue weighted by Gasteiger charge is 2.10. The number of halogens is 1. The van der Waals surface area contributed by atoms with Crippen LogP contribution in [0.15, 0.2) is 18.2 Å². The molecule has 0 heterocycles. The van der Waals surface area contributed by atoms with E-state index in [4.69, 9.17) is 0 Å². The van der Waals surface area contributed by atoms with Crippen LogP contribution in [-0.2, 0) is 20.9 Å². The smallest absolute Gasteiger partial charge is 0.319 e. The van der Waals surface area contributed by atoms with Crippen molar-refractivity contribution >= 4 is 11.9 Å². The van der Waals surface area contributed by atoms with E-state index in [1.807, 2.05) is 0 Å². The normalized spacial score (nSPS) is 10.4. The first-order valence-corrected chi connectivity index (χ1v) is 6.19. The molecule has 1 aromatic rings. The van der Waals surface area contributed by atoms with Gasteiger partial charge in [-0.2, -0.15) is 0 Å². The van der Waals surface area contributed by atoms with Gasteiger partial charge in [0.05, 0.1) is 20.2 Å². The number of aryl methyl sites for hydroxylation is 1. The molecule has 1 amide bonds. The van der Waals surface area contributed by atoms with Crippen molar-refractivity contribution in [2.24, 2.45) is 0 Å². The highest BCUT2D eigenvalue weighted by Crippen LogP contribution is 2.08. The molecule has 1 aromatic carbocycles. The third-order valence-electron chi connectivity index (χ3n) is 2.77. The lowest BCUT2D eigenvalue weighted by atomic mass is 10.1. The molecule has 110 valence electrons. The maximum atomic E-state index is 13.3. The minimum atomic E-state index is -0.402. The molecule has 0 bridgehead atoms. The first-order chi connectivity index (χ1) is 9.42. The van der Waals surface area contributed by atoms with Gasteiger partial charge in [0.25, 0.3) is 0 Å². The molecule has 0 spiro atoms. The summed E-state index contributed by atoms with van der Waals surface area (Å²) in [7, 11) is 2.93. The van der Waals surface area contributed by atoms with E-state index < -0.39 is 5.97 Å². The van der Waals surface area contributed by atoms with Gasteiger partial charge in [0.1, 0.15) is 5.82 Å². The van der Waals surface area contributed by atoms with Gasteiger partial charge in [0, 0.05) is 6.54 Å². The van der Waals surface area contributed by atoms with Gasteiger partial charge in [-0.3, -0.25) is 14.5 Å². The third-order valence-corrected chi connectivity index (χ3v) is 2.77. The Morgan fingerprint density at radius 3 is 2.65 bits per heavy atom. The Morgan fingerprint density at radius 1 is 1.35 bits per heavy atom. The summed E-state index contributed by atoms with van der Waals surface area (Å²) in [5.74, 6) is -0.933. The summed E-state index contributed by atoms with van der Waals surface area (Å²) in [4.78, 5) is 24.2. The van der Waals surface area contributed by atoms with Gasteiger partial charge in [-0.1, -0.05) is 12.1 Å². The van der Waals surface area contributed by atoms with Crippen molar-refractivity contribution in [2.75, 3.05) is 27.2 Å². The van der Waals surface area contributed by atoms with E-state index in [0.29, 0.717) is 11.1 Å². The number of benzene rings is 1. The van der Waals surface area contributed by atoms with Crippen LogP contribution < -0.4 is 5.32 Å². The number of rotatable bonds is 6. The molecule has 1 rings (SSSR count). The summed E-state index contributed by atoms with van der Waals surface area (Å²) in [6, 6.07) is 4.82. The molecule has 0 atom stereocenters.